The van der Waals surface area contributed by atoms with E-state index in [0.29, 0.717) is 18.5 Å². The molecule has 0 bridgehead atoms. The maximum absolute atomic E-state index is 11.1. The van der Waals surface area contributed by atoms with E-state index in [1.165, 1.54) is 0 Å². The van der Waals surface area contributed by atoms with Crippen LogP contribution in [-0.2, 0) is 0 Å². The van der Waals surface area contributed by atoms with Crippen molar-refractivity contribution in [2.24, 2.45) is 0 Å². The number of aromatic carboxylic acids is 1. The van der Waals surface area contributed by atoms with Crippen LogP contribution in [0.4, 0.5) is 0 Å². The summed E-state index contributed by atoms with van der Waals surface area (Å²) in [6, 6.07) is 3.30. The van der Waals surface area contributed by atoms with E-state index >= 15 is 0 Å². The molecule has 0 unspecified atom stereocenters. The van der Waals surface area contributed by atoms with Gasteiger partial charge in [-0.25, -0.2) is 9.78 Å². The fraction of sp³-hybridized carbons (Fsp3) is 0.571. The molecule has 0 radical (unpaired) electrons. The average Bonchev–Trinajstić information content (AvgIpc) is 2.38. The first-order chi connectivity index (χ1) is 9.00. The number of hydrogen-bond donors (Lipinski definition) is 2. The molecule has 0 aliphatic heterocycles. The Morgan fingerprint density at radius 1 is 1.37 bits per heavy atom. The zero-order valence-corrected chi connectivity index (χ0v) is 11.1. The number of nitrogens with zero attached hydrogens (tertiary/aromatic N) is 1. The number of carboxylic acid groups (broad SMARTS) is 1. The van der Waals surface area contributed by atoms with Crippen LogP contribution in [0.25, 0.3) is 0 Å². The Hall–Kier alpha value is -1.62. The van der Waals surface area contributed by atoms with E-state index in [9.17, 15) is 9.90 Å². The van der Waals surface area contributed by atoms with Gasteiger partial charge in [-0.15, -0.1) is 0 Å². The summed E-state index contributed by atoms with van der Waals surface area (Å²) in [7, 11) is 0. The molecule has 19 heavy (non-hydrogen) atoms. The number of aliphatic hydroxyl groups is 1. The Kier molecular flexibility index (Phi) is 4.04. The molecule has 0 spiro atoms. The van der Waals surface area contributed by atoms with E-state index in [-0.39, 0.29) is 18.1 Å². The minimum absolute atomic E-state index is 0.0978. The highest BCUT2D eigenvalue weighted by molar-refractivity contribution is 5.88. The monoisotopic (exact) mass is 265 g/mol. The molecule has 0 amide bonds. The molecule has 1 heterocycles. The first-order valence-corrected chi connectivity index (χ1v) is 6.56. The fourth-order valence-electron chi connectivity index (χ4n) is 2.38. The summed E-state index contributed by atoms with van der Waals surface area (Å²) < 4.78 is 5.50. The zero-order valence-electron chi connectivity index (χ0n) is 11.1. The van der Waals surface area contributed by atoms with Crippen molar-refractivity contribution >= 4 is 5.97 Å². The van der Waals surface area contributed by atoms with Crippen molar-refractivity contribution in [3.8, 4) is 5.75 Å². The molecule has 1 aromatic heterocycles. The molecule has 0 atom stereocenters. The lowest BCUT2D eigenvalue weighted by Gasteiger charge is -2.31. The highest BCUT2D eigenvalue weighted by atomic mass is 16.5. The second kappa shape index (κ2) is 5.57. The number of carboxylic acids is 1. The van der Waals surface area contributed by atoms with Gasteiger partial charge in [0.05, 0.1) is 5.60 Å². The molecular formula is C14H19NO4. The maximum atomic E-state index is 11.1. The molecule has 2 rings (SSSR count). The van der Waals surface area contributed by atoms with Crippen LogP contribution < -0.4 is 4.74 Å². The van der Waals surface area contributed by atoms with Crippen molar-refractivity contribution in [1.29, 1.82) is 0 Å². The Morgan fingerprint density at radius 2 is 2.05 bits per heavy atom. The summed E-state index contributed by atoms with van der Waals surface area (Å²) in [6.45, 7) is 1.85. The third-order valence-corrected chi connectivity index (χ3v) is 3.48. The van der Waals surface area contributed by atoms with E-state index in [4.69, 9.17) is 9.84 Å². The largest absolute Gasteiger partial charge is 0.488 e. The van der Waals surface area contributed by atoms with Gasteiger partial charge in [-0.3, -0.25) is 0 Å². The molecule has 1 aromatic rings. The van der Waals surface area contributed by atoms with Gasteiger partial charge in [-0.05, 0) is 31.9 Å². The summed E-state index contributed by atoms with van der Waals surface area (Å²) in [6.07, 6.45) is 4.51. The summed E-state index contributed by atoms with van der Waals surface area (Å²) in [5, 5.41) is 19.4. The van der Waals surface area contributed by atoms with E-state index in [0.717, 1.165) is 19.3 Å². The molecule has 0 saturated heterocycles. The lowest BCUT2D eigenvalue weighted by molar-refractivity contribution is -0.0342. The number of ether oxygens (including phenoxy) is 1. The second-order valence-corrected chi connectivity index (χ2v) is 5.18. The van der Waals surface area contributed by atoms with Crippen LogP contribution in [0.15, 0.2) is 12.1 Å². The minimum atomic E-state index is -1.12. The normalized spacial score (nSPS) is 18.0. The zero-order chi connectivity index (χ0) is 13.9. The van der Waals surface area contributed by atoms with Gasteiger partial charge < -0.3 is 14.9 Å². The molecule has 5 nitrogen and oxygen atoms in total. The van der Waals surface area contributed by atoms with Crippen LogP contribution >= 0.6 is 0 Å². The van der Waals surface area contributed by atoms with Crippen molar-refractivity contribution in [1.82, 2.24) is 4.98 Å². The van der Waals surface area contributed by atoms with Gasteiger partial charge in [-0.1, -0.05) is 19.3 Å². The van der Waals surface area contributed by atoms with Gasteiger partial charge >= 0.3 is 5.97 Å². The second-order valence-electron chi connectivity index (χ2n) is 5.18. The van der Waals surface area contributed by atoms with E-state index in [1.54, 1.807) is 19.1 Å². The Labute approximate surface area is 112 Å². The Balaban J connectivity index is 2.08. The van der Waals surface area contributed by atoms with E-state index in [2.05, 4.69) is 4.98 Å². The average molecular weight is 265 g/mol. The van der Waals surface area contributed by atoms with Gasteiger partial charge in [0, 0.05) is 5.69 Å². The van der Waals surface area contributed by atoms with Crippen LogP contribution in [0.5, 0.6) is 5.75 Å². The molecule has 104 valence electrons. The SMILES string of the molecule is Cc1ccc(OCC2(O)CCCCC2)c(C(=O)O)n1. The third-order valence-electron chi connectivity index (χ3n) is 3.48. The van der Waals surface area contributed by atoms with Gasteiger partial charge in [0.2, 0.25) is 0 Å². The van der Waals surface area contributed by atoms with Crippen LogP contribution in [0.1, 0.15) is 48.3 Å². The van der Waals surface area contributed by atoms with Crippen LogP contribution in [0.3, 0.4) is 0 Å². The van der Waals surface area contributed by atoms with Crippen LogP contribution in [-0.4, -0.2) is 33.4 Å². The number of pyridine rings is 1. The van der Waals surface area contributed by atoms with Crippen molar-refractivity contribution in [2.45, 2.75) is 44.6 Å². The highest BCUT2D eigenvalue weighted by Crippen LogP contribution is 2.29. The Morgan fingerprint density at radius 3 is 2.68 bits per heavy atom. The predicted octanol–water partition coefficient (Wildman–Crippen LogP) is 2.16. The topological polar surface area (TPSA) is 79.7 Å². The molecule has 2 N–H and O–H groups in total. The molecule has 1 saturated carbocycles. The quantitative estimate of drug-likeness (QED) is 0.872. The molecule has 1 aliphatic rings. The molecule has 5 heteroatoms. The summed E-state index contributed by atoms with van der Waals surface area (Å²) in [4.78, 5) is 15.1. The third kappa shape index (κ3) is 3.44. The summed E-state index contributed by atoms with van der Waals surface area (Å²) in [5.41, 5.74) is -0.306. The standard InChI is InChI=1S/C14H19NO4/c1-10-5-6-11(12(15-10)13(16)17)19-9-14(18)7-3-2-4-8-14/h5-6,18H,2-4,7-9H2,1H3,(H,16,17). The molecular weight excluding hydrogens is 246 g/mol. The summed E-state index contributed by atoms with van der Waals surface area (Å²) >= 11 is 0. The molecule has 1 fully saturated rings. The van der Waals surface area contributed by atoms with Gasteiger partial charge in [0.1, 0.15) is 6.61 Å². The number of aromatic nitrogens is 1. The number of hydrogen-bond acceptors (Lipinski definition) is 4. The number of aryl methyl sites for hydroxylation is 1. The molecule has 1 aliphatic carbocycles. The first-order valence-electron chi connectivity index (χ1n) is 6.56. The first kappa shape index (κ1) is 13.8. The van der Waals surface area contributed by atoms with E-state index in [1.807, 2.05) is 0 Å². The summed E-state index contributed by atoms with van der Waals surface area (Å²) in [5.74, 6) is -0.897. The number of carbonyl (C=O) groups is 1. The van der Waals surface area contributed by atoms with Crippen LogP contribution in [0.2, 0.25) is 0 Å². The lowest BCUT2D eigenvalue weighted by atomic mass is 9.85. The molecule has 0 aromatic carbocycles. The maximum Gasteiger partial charge on any atom is 0.358 e. The Bertz CT molecular complexity index is 467. The highest BCUT2D eigenvalue weighted by Gasteiger charge is 2.30. The minimum Gasteiger partial charge on any atom is -0.488 e. The fourth-order valence-corrected chi connectivity index (χ4v) is 2.38. The van der Waals surface area contributed by atoms with Crippen LogP contribution in [0, 0.1) is 6.92 Å². The van der Waals surface area contributed by atoms with E-state index < -0.39 is 11.6 Å². The predicted molar refractivity (Wildman–Crippen MR) is 69.5 cm³/mol. The lowest BCUT2D eigenvalue weighted by Crippen LogP contribution is -2.38. The van der Waals surface area contributed by atoms with Crippen molar-refractivity contribution in [3.05, 3.63) is 23.5 Å². The van der Waals surface area contributed by atoms with Crippen molar-refractivity contribution < 1.29 is 19.7 Å². The van der Waals surface area contributed by atoms with Crippen molar-refractivity contribution in [2.75, 3.05) is 6.61 Å². The van der Waals surface area contributed by atoms with Gasteiger partial charge in [0.15, 0.2) is 11.4 Å². The van der Waals surface area contributed by atoms with Gasteiger partial charge in [0.25, 0.3) is 0 Å². The number of rotatable bonds is 4. The van der Waals surface area contributed by atoms with Gasteiger partial charge in [-0.2, -0.15) is 0 Å². The smallest absolute Gasteiger partial charge is 0.358 e. The van der Waals surface area contributed by atoms with Crippen molar-refractivity contribution in [3.63, 3.8) is 0 Å².